The number of pyridine rings is 1. The number of ether oxygens (including phenoxy) is 1. The lowest BCUT2D eigenvalue weighted by Gasteiger charge is -2.12. The van der Waals surface area contributed by atoms with Crippen LogP contribution in [0.4, 0.5) is 13.2 Å². The molecule has 0 fully saturated rings. The van der Waals surface area contributed by atoms with Gasteiger partial charge in [0.2, 0.25) is 11.1 Å². The van der Waals surface area contributed by atoms with E-state index < -0.39 is 11.7 Å². The van der Waals surface area contributed by atoms with Gasteiger partial charge in [-0.15, -0.1) is 10.2 Å². The van der Waals surface area contributed by atoms with Crippen molar-refractivity contribution in [2.45, 2.75) is 36.1 Å². The van der Waals surface area contributed by atoms with Crippen LogP contribution in [-0.2, 0) is 17.4 Å². The Kier molecular flexibility index (Phi) is 7.62. The topological polar surface area (TPSA) is 81.9 Å². The Morgan fingerprint density at radius 3 is 2.62 bits per heavy atom. The number of rotatable bonds is 8. The van der Waals surface area contributed by atoms with Gasteiger partial charge in [0.1, 0.15) is 16.6 Å². The minimum Gasteiger partial charge on any atom is -0.495 e. The van der Waals surface area contributed by atoms with Crippen LogP contribution in [0.2, 0.25) is 5.02 Å². The summed E-state index contributed by atoms with van der Waals surface area (Å²) in [6, 6.07) is 7.41. The van der Waals surface area contributed by atoms with Crippen LogP contribution in [0.25, 0.3) is 5.69 Å². The summed E-state index contributed by atoms with van der Waals surface area (Å²) in [5.74, 6) is 0.971. The van der Waals surface area contributed by atoms with Gasteiger partial charge in [-0.05, 0) is 48.5 Å². The van der Waals surface area contributed by atoms with Crippen LogP contribution in [0.5, 0.6) is 5.75 Å². The summed E-state index contributed by atoms with van der Waals surface area (Å²) in [6.07, 6.45) is -2.57. The zero-order valence-electron chi connectivity index (χ0n) is 17.1. The molecule has 0 saturated carbocycles. The Morgan fingerprint density at radius 2 is 2.03 bits per heavy atom. The molecule has 1 aromatic carbocycles. The number of hydrogen-bond donors (Lipinski definition) is 1. The maximum Gasteiger partial charge on any atom is 0.417 e. The molecule has 3 rings (SSSR count). The SMILES string of the molecule is COc1ccc(-n2c(CCCNC(C)=O)nnc2Sc2ccc(C(F)(F)F)cn2)cc1Cl. The summed E-state index contributed by atoms with van der Waals surface area (Å²) in [5, 5.41) is 12.3. The average molecular weight is 486 g/mol. The lowest BCUT2D eigenvalue weighted by atomic mass is 10.2. The molecule has 2 heterocycles. The van der Waals surface area contributed by atoms with Crippen molar-refractivity contribution in [3.63, 3.8) is 0 Å². The van der Waals surface area contributed by atoms with E-state index in [9.17, 15) is 18.0 Å². The van der Waals surface area contributed by atoms with Crippen LogP contribution in [0.3, 0.4) is 0 Å². The quantitative estimate of drug-likeness (QED) is 0.471. The number of amides is 1. The van der Waals surface area contributed by atoms with Crippen LogP contribution in [-0.4, -0.2) is 39.3 Å². The van der Waals surface area contributed by atoms with Gasteiger partial charge in [-0.2, -0.15) is 13.2 Å². The van der Waals surface area contributed by atoms with Crippen LogP contribution in [0.15, 0.2) is 46.7 Å². The monoisotopic (exact) mass is 485 g/mol. The van der Waals surface area contributed by atoms with Gasteiger partial charge < -0.3 is 10.1 Å². The number of benzene rings is 1. The van der Waals surface area contributed by atoms with Crippen molar-refractivity contribution in [2.24, 2.45) is 0 Å². The van der Waals surface area contributed by atoms with Crippen molar-refractivity contribution >= 4 is 29.3 Å². The third-order valence-electron chi connectivity index (χ3n) is 4.30. The molecule has 0 unspecified atom stereocenters. The van der Waals surface area contributed by atoms with Gasteiger partial charge in [0, 0.05) is 26.1 Å². The van der Waals surface area contributed by atoms with Crippen molar-refractivity contribution in [3.8, 4) is 11.4 Å². The molecule has 1 N–H and O–H groups in total. The zero-order valence-corrected chi connectivity index (χ0v) is 18.7. The lowest BCUT2D eigenvalue weighted by Crippen LogP contribution is -2.21. The van der Waals surface area contributed by atoms with E-state index in [2.05, 4.69) is 20.5 Å². The highest BCUT2D eigenvalue weighted by Gasteiger charge is 2.30. The van der Waals surface area contributed by atoms with E-state index in [4.69, 9.17) is 16.3 Å². The first-order valence-electron chi connectivity index (χ1n) is 9.43. The van der Waals surface area contributed by atoms with E-state index >= 15 is 0 Å². The third-order valence-corrected chi connectivity index (χ3v) is 5.50. The molecule has 0 spiro atoms. The van der Waals surface area contributed by atoms with E-state index in [1.54, 1.807) is 22.8 Å². The second kappa shape index (κ2) is 10.2. The second-order valence-electron chi connectivity index (χ2n) is 6.62. The first kappa shape index (κ1) is 23.9. The molecule has 1 amide bonds. The van der Waals surface area contributed by atoms with Crippen molar-refractivity contribution in [2.75, 3.05) is 13.7 Å². The van der Waals surface area contributed by atoms with Crippen LogP contribution >= 0.6 is 23.4 Å². The first-order chi connectivity index (χ1) is 15.2. The standard InChI is InChI=1S/C20H19ClF3N5O2S/c1-12(30)25-9-3-4-17-27-28-19(29(17)14-6-7-16(31-2)15(21)10-14)32-18-8-5-13(11-26-18)20(22,23)24/h5-8,10-11H,3-4,9H2,1-2H3,(H,25,30). The number of halogens is 4. The molecule has 7 nitrogen and oxygen atoms in total. The maximum absolute atomic E-state index is 12.8. The molecule has 170 valence electrons. The van der Waals surface area contributed by atoms with Crippen LogP contribution in [0.1, 0.15) is 24.7 Å². The summed E-state index contributed by atoms with van der Waals surface area (Å²) < 4.78 is 45.4. The molecule has 2 aromatic heterocycles. The van der Waals surface area contributed by atoms with Gasteiger partial charge >= 0.3 is 6.18 Å². The largest absolute Gasteiger partial charge is 0.495 e. The van der Waals surface area contributed by atoms with Crippen molar-refractivity contribution < 1.29 is 22.7 Å². The average Bonchev–Trinajstić information content (AvgIpc) is 3.13. The number of alkyl halides is 3. The molecule has 3 aromatic rings. The Bertz CT molecular complexity index is 1090. The van der Waals surface area contributed by atoms with E-state index in [0.29, 0.717) is 51.9 Å². The fourth-order valence-electron chi connectivity index (χ4n) is 2.79. The highest BCUT2D eigenvalue weighted by molar-refractivity contribution is 7.99. The number of hydrogen-bond acceptors (Lipinski definition) is 6. The molecule has 32 heavy (non-hydrogen) atoms. The minimum atomic E-state index is -4.46. The number of aryl methyl sites for hydroxylation is 1. The number of carbonyl (C=O) groups excluding carboxylic acids is 1. The minimum absolute atomic E-state index is 0.127. The Morgan fingerprint density at radius 1 is 1.25 bits per heavy atom. The second-order valence-corrected chi connectivity index (χ2v) is 8.02. The molecular formula is C20H19ClF3N5O2S. The smallest absolute Gasteiger partial charge is 0.417 e. The molecule has 0 saturated heterocycles. The number of nitrogens with zero attached hydrogens (tertiary/aromatic N) is 4. The number of carbonyl (C=O) groups is 1. The van der Waals surface area contributed by atoms with Crippen molar-refractivity contribution in [1.82, 2.24) is 25.1 Å². The Hall–Kier alpha value is -2.79. The highest BCUT2D eigenvalue weighted by atomic mass is 35.5. The normalized spacial score (nSPS) is 11.4. The Balaban J connectivity index is 1.91. The van der Waals surface area contributed by atoms with Crippen LogP contribution < -0.4 is 10.1 Å². The van der Waals surface area contributed by atoms with Gasteiger partial charge in [-0.25, -0.2) is 4.98 Å². The zero-order chi connectivity index (χ0) is 23.3. The number of aromatic nitrogens is 4. The predicted molar refractivity (Wildman–Crippen MR) is 113 cm³/mol. The molecule has 0 aliphatic rings. The Labute approximate surface area is 191 Å². The third kappa shape index (κ3) is 5.92. The fourth-order valence-corrected chi connectivity index (χ4v) is 3.86. The molecule has 0 aliphatic carbocycles. The lowest BCUT2D eigenvalue weighted by molar-refractivity contribution is -0.137. The van der Waals surface area contributed by atoms with E-state index in [-0.39, 0.29) is 5.91 Å². The van der Waals surface area contributed by atoms with Gasteiger partial charge in [-0.1, -0.05) is 11.6 Å². The summed E-state index contributed by atoms with van der Waals surface area (Å²) in [6.45, 7) is 1.90. The molecule has 0 radical (unpaired) electrons. The molecule has 0 aliphatic heterocycles. The summed E-state index contributed by atoms with van der Waals surface area (Å²) >= 11 is 7.36. The van der Waals surface area contributed by atoms with E-state index in [1.807, 2.05) is 0 Å². The van der Waals surface area contributed by atoms with Gasteiger partial charge in [0.05, 0.1) is 23.4 Å². The fraction of sp³-hybridized carbons (Fsp3) is 0.300. The molecule has 0 atom stereocenters. The van der Waals surface area contributed by atoms with Crippen LogP contribution in [0, 0.1) is 0 Å². The van der Waals surface area contributed by atoms with Gasteiger partial charge in [0.15, 0.2) is 0 Å². The predicted octanol–water partition coefficient (Wildman–Crippen LogP) is 4.56. The number of nitrogens with one attached hydrogen (secondary N) is 1. The van der Waals surface area contributed by atoms with Crippen molar-refractivity contribution in [1.29, 1.82) is 0 Å². The summed E-state index contributed by atoms with van der Waals surface area (Å²) in [4.78, 5) is 15.0. The number of methoxy groups -OCH3 is 1. The van der Waals surface area contributed by atoms with Gasteiger partial charge in [-0.3, -0.25) is 9.36 Å². The van der Waals surface area contributed by atoms with Gasteiger partial charge in [0.25, 0.3) is 0 Å². The summed E-state index contributed by atoms with van der Waals surface area (Å²) in [7, 11) is 1.50. The molecule has 12 heteroatoms. The molecular weight excluding hydrogens is 467 g/mol. The van der Waals surface area contributed by atoms with Crippen molar-refractivity contribution in [3.05, 3.63) is 52.9 Å². The highest BCUT2D eigenvalue weighted by Crippen LogP contribution is 2.33. The van der Waals surface area contributed by atoms with E-state index in [1.165, 1.54) is 20.1 Å². The summed E-state index contributed by atoms with van der Waals surface area (Å²) in [5.41, 5.74) is -0.173. The maximum atomic E-state index is 12.8. The molecule has 0 bridgehead atoms. The first-order valence-corrected chi connectivity index (χ1v) is 10.6. The van der Waals surface area contributed by atoms with E-state index in [0.717, 1.165) is 24.0 Å².